The lowest BCUT2D eigenvalue weighted by Gasteiger charge is -2.20. The van der Waals surface area contributed by atoms with Crippen molar-refractivity contribution in [1.82, 2.24) is 14.8 Å². The largest absolute Gasteiger partial charge is 0.477 e. The van der Waals surface area contributed by atoms with Gasteiger partial charge in [0.15, 0.2) is 0 Å². The van der Waals surface area contributed by atoms with Crippen molar-refractivity contribution < 1.29 is 19.4 Å². The van der Waals surface area contributed by atoms with Gasteiger partial charge in [-0.2, -0.15) is 5.10 Å². The summed E-state index contributed by atoms with van der Waals surface area (Å²) in [7, 11) is 0.465. The van der Waals surface area contributed by atoms with Crippen LogP contribution in [-0.4, -0.2) is 60.7 Å². The molecule has 0 amide bonds. The maximum Gasteiger partial charge on any atom is 0.354 e. The quantitative estimate of drug-likeness (QED) is 0.407. The van der Waals surface area contributed by atoms with Crippen LogP contribution in [-0.2, 0) is 29.2 Å². The minimum atomic E-state index is -1.20. The molecule has 1 saturated heterocycles. The van der Waals surface area contributed by atoms with E-state index >= 15 is 0 Å². The first kappa shape index (κ1) is 22.9. The van der Waals surface area contributed by atoms with Gasteiger partial charge in [0.25, 0.3) is 0 Å². The fourth-order valence-electron chi connectivity index (χ4n) is 4.25. The van der Waals surface area contributed by atoms with E-state index < -0.39 is 14.0 Å². The first-order chi connectivity index (χ1) is 15.2. The highest BCUT2D eigenvalue weighted by Gasteiger charge is 2.45. The smallest absolute Gasteiger partial charge is 0.354 e. The second-order valence-corrected chi connectivity index (χ2v) is 15.8. The van der Waals surface area contributed by atoms with Crippen molar-refractivity contribution in [3.63, 3.8) is 0 Å². The monoisotopic (exact) mass is 458 g/mol. The second-order valence-electron chi connectivity index (χ2n) is 10.2. The third-order valence-corrected chi connectivity index (χ3v) is 7.97. The van der Waals surface area contributed by atoms with Gasteiger partial charge in [-0.05, 0) is 42.0 Å². The van der Waals surface area contributed by atoms with Gasteiger partial charge in [-0.15, -0.1) is 0 Å². The summed E-state index contributed by atoms with van der Waals surface area (Å²) in [5.74, 6) is 1.68. The Bertz CT molecular complexity index is 961. The van der Waals surface area contributed by atoms with Crippen LogP contribution in [0.4, 0.5) is 5.82 Å². The third kappa shape index (κ3) is 5.57. The molecule has 2 unspecified atom stereocenters. The number of methoxy groups -OCH3 is 1. The Labute approximate surface area is 190 Å². The highest BCUT2D eigenvalue weighted by Crippen LogP contribution is 2.46. The topological polar surface area (TPSA) is 89.7 Å². The van der Waals surface area contributed by atoms with Crippen LogP contribution in [0.5, 0.6) is 0 Å². The summed E-state index contributed by atoms with van der Waals surface area (Å²) in [6, 6.07) is 6.79. The zero-order valence-electron chi connectivity index (χ0n) is 19.5. The van der Waals surface area contributed by atoms with Crippen molar-refractivity contribution in [1.29, 1.82) is 0 Å². The Kier molecular flexibility index (Phi) is 6.69. The Morgan fingerprint density at radius 3 is 2.66 bits per heavy atom. The lowest BCUT2D eigenvalue weighted by molar-refractivity contribution is 0.0590. The molecule has 2 aromatic rings. The molecule has 32 heavy (non-hydrogen) atoms. The normalized spacial score (nSPS) is 19.9. The van der Waals surface area contributed by atoms with Crippen molar-refractivity contribution >= 4 is 19.9 Å². The van der Waals surface area contributed by atoms with Crippen molar-refractivity contribution in [2.24, 2.45) is 11.8 Å². The Balaban J connectivity index is 1.47. The number of hydrogen-bond donors (Lipinski definition) is 1. The molecule has 9 heteroatoms. The fraction of sp³-hybridized carbons (Fsp3) is 0.609. The molecule has 8 nitrogen and oxygen atoms in total. The lowest BCUT2D eigenvalue weighted by atomic mass is 10.1. The number of rotatable bonds is 11. The molecule has 1 aliphatic carbocycles. The zero-order valence-corrected chi connectivity index (χ0v) is 20.5. The van der Waals surface area contributed by atoms with Crippen molar-refractivity contribution in [3.8, 4) is 0 Å². The highest BCUT2D eigenvalue weighted by molar-refractivity contribution is 6.76. The van der Waals surface area contributed by atoms with Crippen LogP contribution in [0.15, 0.2) is 18.2 Å². The number of nitrogens with zero attached hydrogens (tertiary/aromatic N) is 4. The molecular weight excluding hydrogens is 424 g/mol. The van der Waals surface area contributed by atoms with E-state index in [0.29, 0.717) is 25.3 Å². The van der Waals surface area contributed by atoms with Gasteiger partial charge in [0, 0.05) is 41.3 Å². The molecule has 2 atom stereocenters. The number of piperidine rings is 1. The molecule has 0 spiro atoms. The van der Waals surface area contributed by atoms with E-state index in [1.165, 1.54) is 11.1 Å². The molecule has 2 fully saturated rings. The van der Waals surface area contributed by atoms with Gasteiger partial charge in [0.05, 0.1) is 18.0 Å². The Morgan fingerprint density at radius 2 is 2.00 bits per heavy atom. The number of hydrogen-bond acceptors (Lipinski definition) is 6. The van der Waals surface area contributed by atoms with Crippen LogP contribution >= 0.6 is 0 Å². The lowest BCUT2D eigenvalue weighted by Crippen LogP contribution is -2.23. The average Bonchev–Trinajstić information content (AvgIpc) is 3.14. The van der Waals surface area contributed by atoms with Crippen LogP contribution in [0, 0.1) is 11.8 Å². The molecular formula is C23H34N4O4Si. The minimum Gasteiger partial charge on any atom is -0.477 e. The van der Waals surface area contributed by atoms with Crippen LogP contribution in [0.2, 0.25) is 25.7 Å². The van der Waals surface area contributed by atoms with Gasteiger partial charge < -0.3 is 19.5 Å². The van der Waals surface area contributed by atoms with Gasteiger partial charge in [-0.25, -0.2) is 14.5 Å². The third-order valence-electron chi connectivity index (χ3n) is 6.27. The number of ether oxygens (including phenoxy) is 2. The number of anilines is 1. The summed E-state index contributed by atoms with van der Waals surface area (Å²) in [6.07, 6.45) is 1.86. The van der Waals surface area contributed by atoms with E-state index in [4.69, 9.17) is 14.5 Å². The molecule has 1 saturated carbocycles. The molecule has 1 aliphatic heterocycles. The number of carbonyl (C=O) groups is 1. The summed E-state index contributed by atoms with van der Waals surface area (Å²) in [5.41, 5.74) is 2.71. The van der Waals surface area contributed by atoms with Crippen LogP contribution in [0.25, 0.3) is 0 Å². The van der Waals surface area contributed by atoms with Crippen LogP contribution in [0.3, 0.4) is 0 Å². The van der Waals surface area contributed by atoms with E-state index in [2.05, 4.69) is 41.8 Å². The summed E-state index contributed by atoms with van der Waals surface area (Å²) in [6.45, 7) is 10.2. The Morgan fingerprint density at radius 1 is 1.25 bits per heavy atom. The van der Waals surface area contributed by atoms with E-state index in [1.807, 2.05) is 0 Å². The molecule has 0 aromatic carbocycles. The number of carboxylic acids is 1. The van der Waals surface area contributed by atoms with E-state index in [1.54, 1.807) is 13.2 Å². The second kappa shape index (κ2) is 9.33. The maximum atomic E-state index is 11.7. The first-order valence-corrected chi connectivity index (χ1v) is 15.0. The molecule has 4 rings (SSSR count). The van der Waals surface area contributed by atoms with E-state index in [-0.39, 0.29) is 12.4 Å². The van der Waals surface area contributed by atoms with Crippen molar-refractivity contribution in [2.75, 3.05) is 31.7 Å². The molecule has 2 aromatic heterocycles. The van der Waals surface area contributed by atoms with Crippen LogP contribution in [0.1, 0.15) is 33.9 Å². The van der Waals surface area contributed by atoms with E-state index in [0.717, 1.165) is 48.0 Å². The molecule has 0 bridgehead atoms. The highest BCUT2D eigenvalue weighted by atomic mass is 28.3. The van der Waals surface area contributed by atoms with Crippen LogP contribution < -0.4 is 4.90 Å². The molecule has 174 valence electrons. The van der Waals surface area contributed by atoms with E-state index in [9.17, 15) is 9.90 Å². The van der Waals surface area contributed by atoms with Gasteiger partial charge in [-0.1, -0.05) is 25.7 Å². The number of aromatic carboxylic acids is 1. The summed E-state index contributed by atoms with van der Waals surface area (Å²) < 4.78 is 12.6. The fourth-order valence-corrected chi connectivity index (χ4v) is 5.01. The molecule has 0 radical (unpaired) electrons. The van der Waals surface area contributed by atoms with Crippen molar-refractivity contribution in [2.45, 2.75) is 51.9 Å². The van der Waals surface area contributed by atoms with Gasteiger partial charge in [0.1, 0.15) is 18.2 Å². The maximum absolute atomic E-state index is 11.7. The predicted octanol–water partition coefficient (Wildman–Crippen LogP) is 3.48. The van der Waals surface area contributed by atoms with Gasteiger partial charge in [-0.3, -0.25) is 0 Å². The molecule has 1 N–H and O–H groups in total. The molecule has 2 aliphatic rings. The Hall–Kier alpha value is -2.23. The molecule has 3 heterocycles. The SMILES string of the molecule is COCc1nc(N2CC3CC3C2)ccc1Cc1cc(C(=O)O)n(COCC[Si](C)(C)C)n1. The standard InChI is InChI=1S/C23H34N4O4Si/c1-30-14-20-16(5-6-22(24-20)26-12-17-9-18(17)13-26)10-19-11-21(23(28)29)27(25-19)15-31-7-8-32(2,3)4/h5-6,11,17-18H,7-10,12-15H2,1-4H3,(H,28,29). The zero-order chi connectivity index (χ0) is 22.9. The van der Waals surface area contributed by atoms with Gasteiger partial charge in [0.2, 0.25) is 0 Å². The number of carboxylic acid groups (broad SMARTS) is 1. The predicted molar refractivity (Wildman–Crippen MR) is 125 cm³/mol. The first-order valence-electron chi connectivity index (χ1n) is 11.3. The van der Waals surface area contributed by atoms with Crippen molar-refractivity contribution in [3.05, 3.63) is 40.8 Å². The minimum absolute atomic E-state index is 0.141. The summed E-state index contributed by atoms with van der Waals surface area (Å²) in [4.78, 5) is 19.0. The van der Waals surface area contributed by atoms with Gasteiger partial charge >= 0.3 is 5.97 Å². The summed E-state index contributed by atoms with van der Waals surface area (Å²) in [5, 5.41) is 14.1. The summed E-state index contributed by atoms with van der Waals surface area (Å²) >= 11 is 0. The average molecular weight is 459 g/mol. The number of pyridine rings is 1. The number of aromatic nitrogens is 3. The number of fused-ring (bicyclic) bond motifs is 1.